The van der Waals surface area contributed by atoms with E-state index in [2.05, 4.69) is 86.4 Å². The van der Waals surface area contributed by atoms with Crippen LogP contribution in [0.15, 0.2) is 9.98 Å². The van der Waals surface area contributed by atoms with Crippen LogP contribution in [0.2, 0.25) is 0 Å². The normalized spacial score (nSPS) is 17.0. The summed E-state index contributed by atoms with van der Waals surface area (Å²) in [6.07, 6.45) is -2.09. The van der Waals surface area contributed by atoms with Crippen molar-refractivity contribution >= 4 is 131 Å². The van der Waals surface area contributed by atoms with E-state index in [0.717, 1.165) is 4.90 Å². The molecule has 0 radical (unpaired) electrons. The quantitative estimate of drug-likeness (QED) is 0.0117. The van der Waals surface area contributed by atoms with Gasteiger partial charge in [0.05, 0.1) is 18.9 Å². The van der Waals surface area contributed by atoms with Crippen molar-refractivity contribution in [2.45, 2.75) is 257 Å². The van der Waals surface area contributed by atoms with E-state index in [-0.39, 0.29) is 139 Å². The van der Waals surface area contributed by atoms with E-state index in [4.69, 9.17) is 39.5 Å². The first-order valence-electron chi connectivity index (χ1n) is 38.3. The summed E-state index contributed by atoms with van der Waals surface area (Å²) in [6.45, 7) is 17.0. The minimum Gasteiger partial charge on any atom is -0.481 e. The third-order valence-corrected chi connectivity index (χ3v) is 18.7. The first-order chi connectivity index (χ1) is 53.7. The maximum absolute atomic E-state index is 14.5. The largest absolute Gasteiger partial charge is 0.481 e. The molecule has 0 aromatic rings. The first kappa shape index (κ1) is 100. The summed E-state index contributed by atoms with van der Waals surface area (Å²) in [5.41, 5.74) is 33.2. The van der Waals surface area contributed by atoms with Crippen molar-refractivity contribution in [3.05, 3.63) is 0 Å². The van der Waals surface area contributed by atoms with Gasteiger partial charge >= 0.3 is 17.9 Å². The molecule has 2 aliphatic heterocycles. The van der Waals surface area contributed by atoms with E-state index in [9.17, 15) is 96.5 Å². The van der Waals surface area contributed by atoms with E-state index >= 15 is 0 Å². The van der Waals surface area contributed by atoms with Gasteiger partial charge in [-0.1, -0.05) is 69.2 Å². The maximum Gasteiger partial charge on any atom is 0.322 e. The minimum atomic E-state index is -1.98. The highest BCUT2D eigenvalue weighted by Crippen LogP contribution is 2.23. The molecular formula is C71H122N22O21S. The van der Waals surface area contributed by atoms with Crippen LogP contribution in [0.5, 0.6) is 0 Å². The van der Waals surface area contributed by atoms with E-state index in [1.807, 2.05) is 0 Å². The second-order valence-electron chi connectivity index (χ2n) is 30.4. The fraction of sp³-hybridized carbons (Fsp3) is 0.718. The van der Waals surface area contributed by atoms with Crippen LogP contribution in [0.3, 0.4) is 0 Å². The number of nitrogens with two attached hydrogens (primary N) is 6. The molecule has 0 saturated carbocycles. The third-order valence-electron chi connectivity index (χ3n) is 18.4. The lowest BCUT2D eigenvalue weighted by atomic mass is 9.99. The monoisotopic (exact) mass is 1650 g/mol. The topological polar surface area (TPSA) is 700 Å². The standard InChI is InChI=1S/C71H122N22O21S/c1-33(2)26-42(84-57(102)39(72)20-21-50(73)94)60(105)88-46(30-52(97)98)69(114)93-25-14-18-48(93)64(109)81-38(11)56(101)82-40(16-12-22-78-70(74)75)58(103)86-45(29-51(95)96)62(107)90-55(37(9)10)67(112)87-44(28-35(5)6)61(106)89-47(32-115)63(108)85-43(27-34(3)4)59(104)83-41(17-13-23-79-71(76)77)68(113)92-24-15-19-49(92)65(110)91-54(36(7)8)66(111)80-31-53(99)100/h33-49,54-55,115H,12-32,72H2,1-11H3,(H2,73,94)(H,80,111)(H,81,109)(H,82,101)(H,83,104)(H,84,102)(H,85,108)(H,86,103)(H,87,112)(H,88,105)(H,89,106)(H,90,107)(H,91,110)(H,95,96)(H,97,98)(H,99,100)(H4,74,75,78)(H4,76,77,79). The zero-order chi connectivity index (χ0) is 87.4. The lowest BCUT2D eigenvalue weighted by molar-refractivity contribution is -0.146. The molecule has 0 spiro atoms. The molecule has 115 heavy (non-hydrogen) atoms. The van der Waals surface area contributed by atoms with Gasteiger partial charge in [0.15, 0.2) is 11.9 Å². The predicted molar refractivity (Wildman–Crippen MR) is 420 cm³/mol. The van der Waals surface area contributed by atoms with Crippen LogP contribution in [0, 0.1) is 29.6 Å². The van der Waals surface area contributed by atoms with Crippen molar-refractivity contribution < 1.29 is 102 Å². The van der Waals surface area contributed by atoms with E-state index in [1.54, 1.807) is 55.4 Å². The Bertz CT molecular complexity index is 3480. The Balaban J connectivity index is 2.41. The van der Waals surface area contributed by atoms with Gasteiger partial charge in [0.25, 0.3) is 0 Å². The van der Waals surface area contributed by atoms with Gasteiger partial charge < -0.3 is 123 Å². The van der Waals surface area contributed by atoms with Gasteiger partial charge in [0, 0.05) is 38.4 Å². The summed E-state index contributed by atoms with van der Waals surface area (Å²) in [5.74, 6) is -21.3. The number of carbonyl (C=O) groups is 18. The highest BCUT2D eigenvalue weighted by Gasteiger charge is 2.44. The van der Waals surface area contributed by atoms with Crippen molar-refractivity contribution in [2.75, 3.05) is 38.5 Å². The van der Waals surface area contributed by atoms with Gasteiger partial charge in [-0.15, -0.1) is 0 Å². The van der Waals surface area contributed by atoms with Gasteiger partial charge in [-0.25, -0.2) is 0 Å². The van der Waals surface area contributed by atoms with Gasteiger partial charge in [0.1, 0.15) is 85.1 Å². The Kier molecular flexibility index (Phi) is 43.5. The number of hydrogen-bond donors (Lipinski definition) is 22. The van der Waals surface area contributed by atoms with Crippen LogP contribution < -0.4 is 98.2 Å². The van der Waals surface area contributed by atoms with Crippen LogP contribution in [0.1, 0.15) is 172 Å². The Morgan fingerprint density at radius 1 is 0.409 bits per heavy atom. The smallest absolute Gasteiger partial charge is 0.322 e. The third kappa shape index (κ3) is 36.1. The van der Waals surface area contributed by atoms with Crippen molar-refractivity contribution in [3.8, 4) is 0 Å². The molecule has 15 amide bonds. The fourth-order valence-corrected chi connectivity index (χ4v) is 12.7. The van der Waals surface area contributed by atoms with Crippen molar-refractivity contribution in [1.29, 1.82) is 0 Å². The van der Waals surface area contributed by atoms with Crippen LogP contribution in [0.4, 0.5) is 0 Å². The molecule has 0 aliphatic carbocycles. The van der Waals surface area contributed by atoms with Crippen molar-refractivity contribution in [1.82, 2.24) is 73.6 Å². The molecule has 44 heteroatoms. The Morgan fingerprint density at radius 3 is 1.21 bits per heavy atom. The zero-order valence-corrected chi connectivity index (χ0v) is 68.1. The molecule has 0 aromatic carbocycles. The molecule has 14 unspecified atom stereocenters. The Hall–Kier alpha value is -10.7. The molecular weight excluding hydrogens is 1530 g/mol. The number of likely N-dealkylation sites (tertiary alicyclic amines) is 2. The molecule has 14 atom stereocenters. The lowest BCUT2D eigenvalue weighted by Gasteiger charge is -2.31. The minimum absolute atomic E-state index is 0.000157. The number of rotatable bonds is 51. The van der Waals surface area contributed by atoms with Crippen LogP contribution in [-0.4, -0.2) is 267 Å². The molecule has 43 nitrogen and oxygen atoms in total. The fourth-order valence-electron chi connectivity index (χ4n) is 12.4. The number of nitrogens with zero attached hydrogens (tertiary/aromatic N) is 4. The average molecular weight is 1650 g/mol. The van der Waals surface area contributed by atoms with Crippen molar-refractivity contribution in [3.63, 3.8) is 0 Å². The number of carbonyl (C=O) groups excluding carboxylic acids is 15. The molecule has 2 rings (SSSR count). The van der Waals surface area contributed by atoms with E-state index < -0.39 is 222 Å². The number of aliphatic imine (C=N–C) groups is 2. The number of primary amides is 1. The van der Waals surface area contributed by atoms with E-state index in [1.165, 1.54) is 25.7 Å². The van der Waals surface area contributed by atoms with Gasteiger partial charge in [0.2, 0.25) is 88.6 Å². The Morgan fingerprint density at radius 2 is 0.774 bits per heavy atom. The van der Waals surface area contributed by atoms with E-state index in [0.29, 0.717) is 6.42 Å². The first-order valence-corrected chi connectivity index (χ1v) is 39.0. The number of amides is 15. The number of carboxylic acids is 3. The molecule has 0 aromatic heterocycles. The lowest BCUT2D eigenvalue weighted by Crippen LogP contribution is -2.62. The number of carboxylic acid groups (broad SMARTS) is 3. The molecule has 2 heterocycles. The summed E-state index contributed by atoms with van der Waals surface area (Å²) in [5, 5.41) is 59.0. The van der Waals surface area contributed by atoms with Gasteiger partial charge in [-0.05, 0) is 114 Å². The number of nitrogens with one attached hydrogen (secondary N) is 12. The molecule has 2 aliphatic rings. The Labute approximate surface area is 673 Å². The second kappa shape index (κ2) is 49.8. The summed E-state index contributed by atoms with van der Waals surface area (Å²) in [6, 6.07) is -20.4. The zero-order valence-electron chi connectivity index (χ0n) is 67.2. The predicted octanol–water partition coefficient (Wildman–Crippen LogP) is -6.45. The average Bonchev–Trinajstić information content (AvgIpc) is 1.74. The van der Waals surface area contributed by atoms with Crippen LogP contribution in [-0.2, 0) is 86.3 Å². The highest BCUT2D eigenvalue weighted by atomic mass is 32.1. The van der Waals surface area contributed by atoms with Gasteiger partial charge in [-0.3, -0.25) is 96.3 Å². The SMILES string of the molecule is CC(C)CC(NC(=O)C(N)CCC(N)=O)C(=O)NC(CC(=O)O)C(=O)N1CCCC1C(=O)NC(C)C(=O)NC(CCCN=C(N)N)C(=O)NC(CC(=O)O)C(=O)NC(C(=O)NC(CC(C)C)C(=O)NC(CS)C(=O)NC(CC(C)C)C(=O)NC(CCCN=C(N)N)C(=O)N1CCCC1C(=O)NC(C(=O)NCC(=O)O)C(C)C)C(C)C. The number of thiol groups is 1. The summed E-state index contributed by atoms with van der Waals surface area (Å²) in [4.78, 5) is 254. The maximum atomic E-state index is 14.5. The summed E-state index contributed by atoms with van der Waals surface area (Å²) in [7, 11) is 0. The molecule has 2 saturated heterocycles. The second-order valence-corrected chi connectivity index (χ2v) is 30.8. The highest BCUT2D eigenvalue weighted by molar-refractivity contribution is 7.80. The number of hydrogen-bond acceptors (Lipinski definition) is 22. The van der Waals surface area contributed by atoms with Crippen molar-refractivity contribution in [2.24, 2.45) is 74.0 Å². The molecule has 2 fully saturated rings. The summed E-state index contributed by atoms with van der Waals surface area (Å²) < 4.78 is 0. The number of guanidine groups is 2. The van der Waals surface area contributed by atoms with Crippen LogP contribution in [0.25, 0.3) is 0 Å². The molecule has 648 valence electrons. The summed E-state index contributed by atoms with van der Waals surface area (Å²) >= 11 is 4.33. The van der Waals surface area contributed by atoms with Crippen LogP contribution >= 0.6 is 12.6 Å². The molecule has 0 bridgehead atoms. The molecule has 27 N–H and O–H groups in total. The number of aliphatic carboxylic acids is 3. The van der Waals surface area contributed by atoms with Gasteiger partial charge in [-0.2, -0.15) is 12.6 Å².